The first-order valence-corrected chi connectivity index (χ1v) is 7.38. The standard InChI is InChI=1S/C14H11BrINO2/c1-19-11-5-2-9(3-6-11)14(18)17-13-7-4-10(15)8-12(13)16/h2-8H,1H3,(H,17,18). The number of benzene rings is 2. The highest BCUT2D eigenvalue weighted by atomic mass is 127. The molecule has 0 spiro atoms. The Kier molecular flexibility index (Phi) is 4.81. The summed E-state index contributed by atoms with van der Waals surface area (Å²) in [6.45, 7) is 0. The second-order valence-corrected chi connectivity index (χ2v) is 5.88. The maximum absolute atomic E-state index is 12.1. The van der Waals surface area contributed by atoms with E-state index in [9.17, 15) is 4.79 Å². The fourth-order valence-electron chi connectivity index (χ4n) is 1.53. The van der Waals surface area contributed by atoms with E-state index in [-0.39, 0.29) is 5.91 Å². The number of methoxy groups -OCH3 is 1. The number of ether oxygens (including phenoxy) is 1. The maximum Gasteiger partial charge on any atom is 0.255 e. The normalized spacial score (nSPS) is 10.1. The Hall–Kier alpha value is -1.08. The molecule has 0 bridgehead atoms. The number of nitrogens with one attached hydrogen (secondary N) is 1. The van der Waals surface area contributed by atoms with Crippen molar-refractivity contribution in [1.82, 2.24) is 0 Å². The number of halogens is 2. The molecule has 98 valence electrons. The molecule has 0 aliphatic carbocycles. The van der Waals surface area contributed by atoms with E-state index in [1.807, 2.05) is 18.2 Å². The second-order valence-electron chi connectivity index (χ2n) is 3.81. The van der Waals surface area contributed by atoms with Crippen molar-refractivity contribution in [2.45, 2.75) is 0 Å². The monoisotopic (exact) mass is 431 g/mol. The van der Waals surface area contributed by atoms with Crippen molar-refractivity contribution in [2.75, 3.05) is 12.4 Å². The van der Waals surface area contributed by atoms with E-state index in [0.29, 0.717) is 5.56 Å². The summed E-state index contributed by atoms with van der Waals surface area (Å²) in [6.07, 6.45) is 0. The lowest BCUT2D eigenvalue weighted by atomic mass is 10.2. The number of carbonyl (C=O) groups is 1. The summed E-state index contributed by atoms with van der Waals surface area (Å²) in [5, 5.41) is 2.88. The molecular weight excluding hydrogens is 421 g/mol. The van der Waals surface area contributed by atoms with Gasteiger partial charge < -0.3 is 10.1 Å². The fraction of sp³-hybridized carbons (Fsp3) is 0.0714. The molecule has 2 rings (SSSR count). The van der Waals surface area contributed by atoms with Gasteiger partial charge in [-0.1, -0.05) is 15.9 Å². The van der Waals surface area contributed by atoms with Gasteiger partial charge in [0.25, 0.3) is 5.91 Å². The van der Waals surface area contributed by atoms with E-state index in [4.69, 9.17) is 4.74 Å². The summed E-state index contributed by atoms with van der Waals surface area (Å²) in [6, 6.07) is 12.7. The molecule has 5 heteroatoms. The zero-order valence-electron chi connectivity index (χ0n) is 10.1. The Morgan fingerprint density at radius 3 is 2.47 bits per heavy atom. The average Bonchev–Trinajstić information content (AvgIpc) is 2.42. The van der Waals surface area contributed by atoms with Crippen LogP contribution in [0.3, 0.4) is 0 Å². The molecule has 2 aromatic carbocycles. The number of rotatable bonds is 3. The minimum Gasteiger partial charge on any atom is -0.497 e. The first kappa shape index (κ1) is 14.3. The predicted octanol–water partition coefficient (Wildman–Crippen LogP) is 4.31. The van der Waals surface area contributed by atoms with Crippen molar-refractivity contribution in [3.63, 3.8) is 0 Å². The summed E-state index contributed by atoms with van der Waals surface area (Å²) >= 11 is 5.58. The van der Waals surface area contributed by atoms with E-state index >= 15 is 0 Å². The third-order valence-electron chi connectivity index (χ3n) is 2.53. The van der Waals surface area contributed by atoms with Gasteiger partial charge in [-0.05, 0) is 65.1 Å². The zero-order chi connectivity index (χ0) is 13.8. The van der Waals surface area contributed by atoms with Crippen LogP contribution in [0.4, 0.5) is 5.69 Å². The number of hydrogen-bond donors (Lipinski definition) is 1. The van der Waals surface area contributed by atoms with Gasteiger partial charge in [-0.3, -0.25) is 4.79 Å². The number of carbonyl (C=O) groups excluding carboxylic acids is 1. The Morgan fingerprint density at radius 1 is 1.21 bits per heavy atom. The van der Waals surface area contributed by atoms with Gasteiger partial charge in [0.05, 0.1) is 12.8 Å². The molecule has 0 saturated heterocycles. The molecule has 19 heavy (non-hydrogen) atoms. The average molecular weight is 432 g/mol. The van der Waals surface area contributed by atoms with Crippen LogP contribution in [-0.2, 0) is 0 Å². The van der Waals surface area contributed by atoms with Gasteiger partial charge in [-0.25, -0.2) is 0 Å². The van der Waals surface area contributed by atoms with Crippen LogP contribution in [0.25, 0.3) is 0 Å². The number of anilines is 1. The van der Waals surface area contributed by atoms with Crippen LogP contribution in [0.1, 0.15) is 10.4 Å². The molecule has 0 unspecified atom stereocenters. The number of amides is 1. The van der Waals surface area contributed by atoms with E-state index in [2.05, 4.69) is 43.8 Å². The van der Waals surface area contributed by atoms with Crippen molar-refractivity contribution < 1.29 is 9.53 Å². The summed E-state index contributed by atoms with van der Waals surface area (Å²) in [7, 11) is 1.60. The smallest absolute Gasteiger partial charge is 0.255 e. The highest BCUT2D eigenvalue weighted by Gasteiger charge is 2.08. The Bertz CT molecular complexity index is 599. The molecule has 0 aromatic heterocycles. The van der Waals surface area contributed by atoms with Gasteiger partial charge in [0.1, 0.15) is 5.75 Å². The van der Waals surface area contributed by atoms with Crippen LogP contribution >= 0.6 is 38.5 Å². The summed E-state index contributed by atoms with van der Waals surface area (Å²) in [5.74, 6) is 0.595. The minimum atomic E-state index is -0.136. The van der Waals surface area contributed by atoms with Gasteiger partial charge in [-0.15, -0.1) is 0 Å². The fourth-order valence-corrected chi connectivity index (χ4v) is 2.97. The highest BCUT2D eigenvalue weighted by molar-refractivity contribution is 14.1. The minimum absolute atomic E-state index is 0.136. The van der Waals surface area contributed by atoms with Crippen LogP contribution < -0.4 is 10.1 Å². The van der Waals surface area contributed by atoms with Gasteiger partial charge in [0.15, 0.2) is 0 Å². The van der Waals surface area contributed by atoms with Gasteiger partial charge in [-0.2, -0.15) is 0 Å². The molecule has 0 heterocycles. The van der Waals surface area contributed by atoms with Gasteiger partial charge >= 0.3 is 0 Å². The van der Waals surface area contributed by atoms with E-state index in [0.717, 1.165) is 19.5 Å². The van der Waals surface area contributed by atoms with Crippen molar-refractivity contribution in [3.05, 3.63) is 56.1 Å². The molecule has 0 aliphatic heterocycles. The lowest BCUT2D eigenvalue weighted by Gasteiger charge is -2.08. The van der Waals surface area contributed by atoms with Crippen LogP contribution in [0.5, 0.6) is 5.75 Å². The van der Waals surface area contributed by atoms with Crippen molar-refractivity contribution in [2.24, 2.45) is 0 Å². The first-order valence-electron chi connectivity index (χ1n) is 5.50. The third kappa shape index (κ3) is 3.70. The van der Waals surface area contributed by atoms with E-state index in [1.54, 1.807) is 31.4 Å². The van der Waals surface area contributed by atoms with Crippen molar-refractivity contribution in [1.29, 1.82) is 0 Å². The maximum atomic E-state index is 12.1. The van der Waals surface area contributed by atoms with Gasteiger partial charge in [0.2, 0.25) is 0 Å². The topological polar surface area (TPSA) is 38.3 Å². The second kappa shape index (κ2) is 6.38. The summed E-state index contributed by atoms with van der Waals surface area (Å²) in [5.41, 5.74) is 1.39. The Morgan fingerprint density at radius 2 is 1.89 bits per heavy atom. The quantitative estimate of drug-likeness (QED) is 0.735. The molecule has 0 fully saturated rings. The van der Waals surface area contributed by atoms with Gasteiger partial charge in [0, 0.05) is 13.6 Å². The van der Waals surface area contributed by atoms with Crippen LogP contribution in [-0.4, -0.2) is 13.0 Å². The predicted molar refractivity (Wildman–Crippen MR) is 87.8 cm³/mol. The first-order chi connectivity index (χ1) is 9.10. The SMILES string of the molecule is COc1ccc(C(=O)Nc2ccc(Br)cc2I)cc1. The molecule has 0 aliphatic rings. The molecule has 1 N–H and O–H groups in total. The molecule has 2 aromatic rings. The molecule has 3 nitrogen and oxygen atoms in total. The van der Waals surface area contributed by atoms with E-state index < -0.39 is 0 Å². The third-order valence-corrected chi connectivity index (χ3v) is 3.92. The van der Waals surface area contributed by atoms with E-state index in [1.165, 1.54) is 0 Å². The molecular formula is C14H11BrINO2. The molecule has 0 radical (unpaired) electrons. The number of hydrogen-bond acceptors (Lipinski definition) is 2. The summed E-state index contributed by atoms with van der Waals surface area (Å²) < 4.78 is 7.03. The van der Waals surface area contributed by atoms with Crippen LogP contribution in [0.15, 0.2) is 46.9 Å². The summed E-state index contributed by atoms with van der Waals surface area (Å²) in [4.78, 5) is 12.1. The molecule has 0 saturated carbocycles. The Labute approximate surface area is 133 Å². The Balaban J connectivity index is 2.15. The van der Waals surface area contributed by atoms with Crippen LogP contribution in [0.2, 0.25) is 0 Å². The largest absolute Gasteiger partial charge is 0.497 e. The van der Waals surface area contributed by atoms with Crippen molar-refractivity contribution in [3.8, 4) is 5.75 Å². The lowest BCUT2D eigenvalue weighted by Crippen LogP contribution is -2.12. The molecule has 0 atom stereocenters. The molecule has 1 amide bonds. The van der Waals surface area contributed by atoms with Crippen LogP contribution in [0, 0.1) is 3.57 Å². The lowest BCUT2D eigenvalue weighted by molar-refractivity contribution is 0.102. The van der Waals surface area contributed by atoms with Crippen molar-refractivity contribution >= 4 is 50.1 Å². The zero-order valence-corrected chi connectivity index (χ0v) is 13.9. The highest BCUT2D eigenvalue weighted by Crippen LogP contribution is 2.23.